The Morgan fingerprint density at radius 3 is 1.70 bits per heavy atom. The molecule has 37 heavy (non-hydrogen) atoms. The number of halogens is 13. The maximum absolute atomic E-state index is 14.2. The fourth-order valence-corrected chi connectivity index (χ4v) is 4.69. The van der Waals surface area contributed by atoms with E-state index in [9.17, 15) is 66.7 Å². The van der Waals surface area contributed by atoms with Crippen LogP contribution in [0.3, 0.4) is 0 Å². The third-order valence-electron chi connectivity index (χ3n) is 5.51. The highest BCUT2D eigenvalue weighted by Crippen LogP contribution is 2.60. The average Bonchev–Trinajstić information content (AvgIpc) is 3.07. The van der Waals surface area contributed by atoms with E-state index in [1.54, 1.807) is 0 Å². The van der Waals surface area contributed by atoms with Crippen molar-refractivity contribution in [2.75, 3.05) is 12.4 Å². The zero-order valence-electron chi connectivity index (χ0n) is 18.3. The van der Waals surface area contributed by atoms with E-state index in [0.717, 1.165) is 12.4 Å². The molecular formula is C19H16F13NO3S. The number of anilines is 1. The molecule has 18 heteroatoms. The predicted octanol–water partition coefficient (Wildman–Crippen LogP) is 6.87. The van der Waals surface area contributed by atoms with Crippen LogP contribution in [0.1, 0.15) is 46.5 Å². The van der Waals surface area contributed by atoms with Gasteiger partial charge in [0, 0.05) is 4.88 Å². The van der Waals surface area contributed by atoms with Crippen molar-refractivity contribution in [1.29, 1.82) is 0 Å². The van der Waals surface area contributed by atoms with Crippen LogP contribution >= 0.6 is 11.3 Å². The molecule has 0 saturated heterocycles. The van der Waals surface area contributed by atoms with E-state index in [4.69, 9.17) is 0 Å². The summed E-state index contributed by atoms with van der Waals surface area (Å²) in [6, 6.07) is 0. The lowest BCUT2D eigenvalue weighted by Gasteiger charge is -2.39. The lowest BCUT2D eigenvalue weighted by Crippen LogP contribution is -2.71. The standard InChI is InChI=1S/C19H16F13NO3S/c1-36-12(34)10-8-6-4-2-3-5-7-9(8)37-11(10)33-13(35)14(20,21)15(22,23)16(24,25)17(26,27)18(28,29)19(30,31)32/h2-7H2,1H3,(H,33,35). The van der Waals surface area contributed by atoms with E-state index in [2.05, 4.69) is 4.74 Å². The zero-order chi connectivity index (χ0) is 28.8. The van der Waals surface area contributed by atoms with E-state index >= 15 is 0 Å². The first-order valence-electron chi connectivity index (χ1n) is 10.1. The van der Waals surface area contributed by atoms with Gasteiger partial charge in [0.1, 0.15) is 5.00 Å². The molecule has 0 unspecified atom stereocenters. The van der Waals surface area contributed by atoms with E-state index in [1.165, 1.54) is 0 Å². The van der Waals surface area contributed by atoms with Gasteiger partial charge in [-0.15, -0.1) is 11.3 Å². The van der Waals surface area contributed by atoms with Crippen LogP contribution < -0.4 is 5.32 Å². The fourth-order valence-electron chi connectivity index (χ4n) is 3.42. The summed E-state index contributed by atoms with van der Waals surface area (Å²) < 4.78 is 178. The molecule has 0 spiro atoms. The Hall–Kier alpha value is -2.27. The first kappa shape index (κ1) is 31.0. The van der Waals surface area contributed by atoms with Crippen molar-refractivity contribution in [2.45, 2.75) is 74.3 Å². The summed E-state index contributed by atoms with van der Waals surface area (Å²) in [6.45, 7) is 0. The molecule has 1 aliphatic carbocycles. The van der Waals surface area contributed by atoms with Crippen LogP contribution in [0, 0.1) is 0 Å². The number of hydrogen-bond acceptors (Lipinski definition) is 4. The number of aryl methyl sites for hydroxylation is 1. The van der Waals surface area contributed by atoms with Gasteiger partial charge in [0.15, 0.2) is 0 Å². The highest BCUT2D eigenvalue weighted by Gasteiger charge is 2.91. The summed E-state index contributed by atoms with van der Waals surface area (Å²) in [5.74, 6) is -43.6. The van der Waals surface area contributed by atoms with Crippen LogP contribution in [0.2, 0.25) is 0 Å². The number of ether oxygens (including phenoxy) is 1. The smallest absolute Gasteiger partial charge is 0.460 e. The predicted molar refractivity (Wildman–Crippen MR) is 101 cm³/mol. The number of fused-ring (bicyclic) bond motifs is 1. The molecule has 212 valence electrons. The number of carbonyl (C=O) groups is 2. The molecule has 0 atom stereocenters. The lowest BCUT2D eigenvalue weighted by molar-refractivity contribution is -0.435. The number of nitrogens with one attached hydrogen (secondary N) is 1. The minimum atomic E-state index is -8.12. The molecule has 1 aliphatic rings. The summed E-state index contributed by atoms with van der Waals surface area (Å²) >= 11 is 0.389. The van der Waals surface area contributed by atoms with Crippen LogP contribution in [0.5, 0.6) is 0 Å². The molecule has 4 nitrogen and oxygen atoms in total. The zero-order valence-corrected chi connectivity index (χ0v) is 19.1. The molecular weight excluding hydrogens is 569 g/mol. The van der Waals surface area contributed by atoms with E-state index in [-0.39, 0.29) is 18.4 Å². The summed E-state index contributed by atoms with van der Waals surface area (Å²) in [7, 11) is 0.813. The van der Waals surface area contributed by atoms with E-state index < -0.39 is 58.2 Å². The van der Waals surface area contributed by atoms with Crippen LogP contribution in [0.15, 0.2) is 0 Å². The topological polar surface area (TPSA) is 55.4 Å². The van der Waals surface area contributed by atoms with Gasteiger partial charge in [0.25, 0.3) is 0 Å². The maximum Gasteiger partial charge on any atom is 0.460 e. The van der Waals surface area contributed by atoms with Crippen molar-refractivity contribution >= 4 is 28.2 Å². The van der Waals surface area contributed by atoms with Gasteiger partial charge in [-0.3, -0.25) is 4.79 Å². The van der Waals surface area contributed by atoms with Crippen molar-refractivity contribution in [2.24, 2.45) is 0 Å². The number of carbonyl (C=O) groups excluding carboxylic acids is 2. The highest BCUT2D eigenvalue weighted by atomic mass is 32.1. The molecule has 0 fully saturated rings. The van der Waals surface area contributed by atoms with Crippen molar-refractivity contribution < 1.29 is 71.4 Å². The molecule has 0 aromatic carbocycles. The van der Waals surface area contributed by atoms with Crippen molar-refractivity contribution in [1.82, 2.24) is 0 Å². The van der Waals surface area contributed by atoms with Crippen molar-refractivity contribution in [3.63, 3.8) is 0 Å². The number of esters is 1. The van der Waals surface area contributed by atoms with Crippen LogP contribution in [-0.4, -0.2) is 54.8 Å². The second-order valence-electron chi connectivity index (χ2n) is 7.94. The third-order valence-corrected chi connectivity index (χ3v) is 6.71. The Labute approximate surface area is 203 Å². The number of methoxy groups -OCH3 is 1. The molecule has 2 rings (SSSR count). The van der Waals surface area contributed by atoms with Crippen molar-refractivity contribution in [3.05, 3.63) is 16.0 Å². The number of rotatable bonds is 7. The number of alkyl halides is 13. The van der Waals surface area contributed by atoms with Gasteiger partial charge in [-0.25, -0.2) is 4.79 Å². The van der Waals surface area contributed by atoms with E-state index in [0.29, 0.717) is 41.9 Å². The Morgan fingerprint density at radius 1 is 0.730 bits per heavy atom. The fraction of sp³-hybridized carbons (Fsp3) is 0.684. The van der Waals surface area contributed by atoms with Crippen LogP contribution in [-0.2, 0) is 22.4 Å². The minimum Gasteiger partial charge on any atom is -0.465 e. The molecule has 0 aliphatic heterocycles. The number of hydrogen-bond donors (Lipinski definition) is 1. The van der Waals surface area contributed by atoms with Gasteiger partial charge in [0.05, 0.1) is 12.7 Å². The van der Waals surface area contributed by atoms with Gasteiger partial charge in [-0.1, -0.05) is 12.8 Å². The molecule has 1 aromatic heterocycles. The molecule has 1 amide bonds. The van der Waals surface area contributed by atoms with E-state index in [1.807, 2.05) is 0 Å². The molecule has 0 bridgehead atoms. The quantitative estimate of drug-likeness (QED) is 0.281. The van der Waals surface area contributed by atoms with Gasteiger partial charge < -0.3 is 10.1 Å². The van der Waals surface area contributed by atoms with Crippen molar-refractivity contribution in [3.8, 4) is 0 Å². The number of thiophene rings is 1. The van der Waals surface area contributed by atoms with Crippen LogP contribution in [0.4, 0.5) is 62.1 Å². The normalized spacial score (nSPS) is 16.5. The van der Waals surface area contributed by atoms with Gasteiger partial charge in [-0.2, -0.15) is 57.1 Å². The number of amides is 1. The molecule has 1 aromatic rings. The molecule has 1 heterocycles. The summed E-state index contributed by atoms with van der Waals surface area (Å²) in [5.41, 5.74) is -0.457. The lowest BCUT2D eigenvalue weighted by atomic mass is 9.93. The Bertz CT molecular complexity index is 1030. The highest BCUT2D eigenvalue weighted by molar-refractivity contribution is 7.17. The first-order chi connectivity index (χ1) is 16.6. The Morgan fingerprint density at radius 2 is 1.22 bits per heavy atom. The average molecular weight is 585 g/mol. The monoisotopic (exact) mass is 585 g/mol. The first-order valence-corrected chi connectivity index (χ1v) is 10.9. The summed E-state index contributed by atoms with van der Waals surface area (Å²) in [4.78, 5) is 24.4. The SMILES string of the molecule is COC(=O)c1c(NC(=O)C(F)(F)C(F)(F)C(F)(F)C(F)(F)C(F)(F)C(F)(F)F)sc2c1CCCCCC2. The summed E-state index contributed by atoms with van der Waals surface area (Å²) in [6.07, 6.45) is -4.92. The molecule has 1 N–H and O–H groups in total. The second-order valence-corrected chi connectivity index (χ2v) is 9.04. The van der Waals surface area contributed by atoms with Gasteiger partial charge >= 0.3 is 47.7 Å². The Kier molecular flexibility index (Phi) is 8.20. The maximum atomic E-state index is 14.2. The largest absolute Gasteiger partial charge is 0.465 e. The molecule has 0 radical (unpaired) electrons. The second kappa shape index (κ2) is 9.80. The summed E-state index contributed by atoms with van der Waals surface area (Å²) in [5, 5.41) is 0.102. The molecule has 0 saturated carbocycles. The van der Waals surface area contributed by atoms with Gasteiger partial charge in [0.2, 0.25) is 0 Å². The third kappa shape index (κ3) is 4.84. The van der Waals surface area contributed by atoms with Crippen LogP contribution in [0.25, 0.3) is 0 Å². The Balaban J connectivity index is 2.53. The minimum absolute atomic E-state index is 0.121. The van der Waals surface area contributed by atoms with Gasteiger partial charge in [-0.05, 0) is 31.2 Å².